The number of hydrogen-bond acceptors (Lipinski definition) is 5. The van der Waals surface area contributed by atoms with Crippen molar-refractivity contribution in [2.24, 2.45) is 0 Å². The van der Waals surface area contributed by atoms with Crippen LogP contribution < -0.4 is 5.32 Å². The number of nitrogens with one attached hydrogen (secondary N) is 1. The second-order valence-electron chi connectivity index (χ2n) is 9.51. The normalized spacial score (nSPS) is 13.7. The number of carboxylic acid groups (broad SMARTS) is 1. The number of aromatic nitrogens is 1. The Kier molecular flexibility index (Phi) is 6.53. The lowest BCUT2D eigenvalue weighted by Crippen LogP contribution is -2.19. The fourth-order valence-electron chi connectivity index (χ4n) is 4.42. The Morgan fingerprint density at radius 2 is 1.51 bits per heavy atom. The quantitative estimate of drug-likeness (QED) is 0.287. The van der Waals surface area contributed by atoms with Gasteiger partial charge in [0.1, 0.15) is 11.4 Å². The van der Waals surface area contributed by atoms with Gasteiger partial charge in [-0.1, -0.05) is 83.5 Å². The zero-order valence-electron chi connectivity index (χ0n) is 20.8. The third kappa shape index (κ3) is 5.11. The summed E-state index contributed by atoms with van der Waals surface area (Å²) in [6, 6.07) is 23.5. The van der Waals surface area contributed by atoms with Crippen molar-refractivity contribution in [3.8, 4) is 22.5 Å². The van der Waals surface area contributed by atoms with Crippen molar-refractivity contribution in [1.82, 2.24) is 5.16 Å². The van der Waals surface area contributed by atoms with Crippen LogP contribution in [0.3, 0.4) is 0 Å². The number of carbonyl (C=O) groups is 2. The molecule has 0 unspecified atom stereocenters. The van der Waals surface area contributed by atoms with E-state index in [9.17, 15) is 14.7 Å². The van der Waals surface area contributed by atoms with Crippen molar-refractivity contribution >= 4 is 17.7 Å². The predicted octanol–water partition coefficient (Wildman–Crippen LogP) is 6.53. The summed E-state index contributed by atoms with van der Waals surface area (Å²) < 4.78 is 10.9. The third-order valence-corrected chi connectivity index (χ3v) is 6.91. The second kappa shape index (κ2) is 9.93. The van der Waals surface area contributed by atoms with Crippen LogP contribution in [0, 0.1) is 13.8 Å². The van der Waals surface area contributed by atoms with Crippen LogP contribution in [-0.4, -0.2) is 28.9 Å². The van der Waals surface area contributed by atoms with Gasteiger partial charge in [-0.05, 0) is 48.9 Å². The molecule has 1 aliphatic carbocycles. The molecule has 7 heteroatoms. The molecule has 2 N–H and O–H groups in total. The molecule has 0 saturated heterocycles. The Hall–Kier alpha value is -4.39. The molecule has 188 valence electrons. The molecule has 1 aromatic heterocycles. The summed E-state index contributed by atoms with van der Waals surface area (Å²) in [5, 5.41) is 16.3. The smallest absolute Gasteiger partial charge is 0.411 e. The largest absolute Gasteiger partial charge is 0.481 e. The average Bonchev–Trinajstić information content (AvgIpc) is 3.65. The van der Waals surface area contributed by atoms with Gasteiger partial charge in [0.15, 0.2) is 5.76 Å². The molecule has 1 saturated carbocycles. The van der Waals surface area contributed by atoms with Crippen molar-refractivity contribution < 1.29 is 24.0 Å². The van der Waals surface area contributed by atoms with E-state index in [-0.39, 0.29) is 6.61 Å². The minimum atomic E-state index is -0.758. The SMILES string of the molecule is Cc1ccc(CCOC(=O)Nc2c(C)noc2-c2ccc(-c3ccc(C4(C(=O)O)CC4)cc3)cc2)cc1. The Balaban J connectivity index is 1.24. The first-order valence-corrected chi connectivity index (χ1v) is 12.3. The summed E-state index contributed by atoms with van der Waals surface area (Å²) in [4.78, 5) is 24.0. The molecule has 37 heavy (non-hydrogen) atoms. The van der Waals surface area contributed by atoms with Gasteiger partial charge in [-0.2, -0.15) is 0 Å². The summed E-state index contributed by atoms with van der Waals surface area (Å²) >= 11 is 0. The van der Waals surface area contributed by atoms with Crippen molar-refractivity contribution in [2.75, 3.05) is 11.9 Å². The minimum Gasteiger partial charge on any atom is -0.481 e. The minimum absolute atomic E-state index is 0.260. The number of benzene rings is 3. The monoisotopic (exact) mass is 496 g/mol. The first-order valence-electron chi connectivity index (χ1n) is 12.3. The van der Waals surface area contributed by atoms with Gasteiger partial charge in [-0.15, -0.1) is 0 Å². The molecular formula is C30H28N2O5. The first kappa shape index (κ1) is 24.3. The number of anilines is 1. The molecule has 1 aliphatic rings. The van der Waals surface area contributed by atoms with Crippen LogP contribution in [0.4, 0.5) is 10.5 Å². The van der Waals surface area contributed by atoms with Crippen LogP contribution in [0.1, 0.15) is 35.2 Å². The Morgan fingerprint density at radius 3 is 2.11 bits per heavy atom. The van der Waals surface area contributed by atoms with Crippen LogP contribution in [-0.2, 0) is 21.4 Å². The Morgan fingerprint density at radius 1 is 0.919 bits per heavy atom. The maximum Gasteiger partial charge on any atom is 0.411 e. The van der Waals surface area contributed by atoms with Gasteiger partial charge < -0.3 is 14.4 Å². The van der Waals surface area contributed by atoms with Gasteiger partial charge in [0.25, 0.3) is 0 Å². The lowest BCUT2D eigenvalue weighted by atomic mass is 9.93. The molecule has 4 aromatic rings. The fraction of sp³-hybridized carbons (Fsp3) is 0.233. The number of aryl methyl sites for hydroxylation is 2. The van der Waals surface area contributed by atoms with E-state index in [2.05, 4.69) is 10.5 Å². The second-order valence-corrected chi connectivity index (χ2v) is 9.51. The number of aliphatic carboxylic acids is 1. The highest BCUT2D eigenvalue weighted by molar-refractivity contribution is 5.91. The number of rotatable bonds is 8. The third-order valence-electron chi connectivity index (χ3n) is 6.91. The highest BCUT2D eigenvalue weighted by atomic mass is 16.5. The highest BCUT2D eigenvalue weighted by Gasteiger charge is 2.51. The van der Waals surface area contributed by atoms with Crippen LogP contribution in [0.25, 0.3) is 22.5 Å². The van der Waals surface area contributed by atoms with Gasteiger partial charge in [0, 0.05) is 12.0 Å². The fourth-order valence-corrected chi connectivity index (χ4v) is 4.42. The molecule has 0 spiro atoms. The van der Waals surface area contributed by atoms with Gasteiger partial charge in [-0.3, -0.25) is 10.1 Å². The molecule has 1 fully saturated rings. The summed E-state index contributed by atoms with van der Waals surface area (Å²) in [5.74, 6) is -0.307. The zero-order valence-corrected chi connectivity index (χ0v) is 20.8. The summed E-state index contributed by atoms with van der Waals surface area (Å²) in [7, 11) is 0. The van der Waals surface area contributed by atoms with Crippen molar-refractivity contribution in [3.63, 3.8) is 0 Å². The Labute approximate surface area is 215 Å². The number of ether oxygens (including phenoxy) is 1. The van der Waals surface area contributed by atoms with E-state index < -0.39 is 17.5 Å². The van der Waals surface area contributed by atoms with Crippen molar-refractivity contribution in [3.05, 3.63) is 95.2 Å². The molecule has 7 nitrogen and oxygen atoms in total. The molecule has 0 atom stereocenters. The molecule has 0 bridgehead atoms. The van der Waals surface area contributed by atoms with E-state index in [0.717, 1.165) is 27.8 Å². The lowest BCUT2D eigenvalue weighted by molar-refractivity contribution is -0.140. The Bertz CT molecular complexity index is 1420. The number of carboxylic acids is 1. The van der Waals surface area contributed by atoms with E-state index in [0.29, 0.717) is 36.4 Å². The first-order chi connectivity index (χ1) is 17.9. The summed E-state index contributed by atoms with van der Waals surface area (Å²) in [6.45, 7) is 4.05. The number of carbonyl (C=O) groups excluding carboxylic acids is 1. The lowest BCUT2D eigenvalue weighted by Gasteiger charge is -2.11. The van der Waals surface area contributed by atoms with E-state index in [1.165, 1.54) is 5.56 Å². The predicted molar refractivity (Wildman–Crippen MR) is 141 cm³/mol. The van der Waals surface area contributed by atoms with E-state index in [1.807, 2.05) is 79.7 Å². The molecule has 0 radical (unpaired) electrons. The van der Waals surface area contributed by atoms with Crippen LogP contribution >= 0.6 is 0 Å². The van der Waals surface area contributed by atoms with Crippen LogP contribution in [0.2, 0.25) is 0 Å². The van der Waals surface area contributed by atoms with Gasteiger partial charge in [0.2, 0.25) is 0 Å². The maximum atomic E-state index is 12.4. The van der Waals surface area contributed by atoms with Crippen LogP contribution in [0.15, 0.2) is 77.3 Å². The number of amides is 1. The number of hydrogen-bond donors (Lipinski definition) is 2. The summed E-state index contributed by atoms with van der Waals surface area (Å²) in [6.07, 6.45) is 1.43. The average molecular weight is 497 g/mol. The topological polar surface area (TPSA) is 102 Å². The molecule has 0 aliphatic heterocycles. The molecular weight excluding hydrogens is 468 g/mol. The highest BCUT2D eigenvalue weighted by Crippen LogP contribution is 2.48. The van der Waals surface area contributed by atoms with E-state index >= 15 is 0 Å². The molecule has 3 aromatic carbocycles. The van der Waals surface area contributed by atoms with Crippen molar-refractivity contribution in [1.29, 1.82) is 0 Å². The van der Waals surface area contributed by atoms with Crippen LogP contribution in [0.5, 0.6) is 0 Å². The maximum absolute atomic E-state index is 12.4. The standard InChI is InChI=1S/C30H28N2O5/c1-19-3-5-21(6-4-19)15-18-36-29(35)31-26-20(2)32-37-27(26)24-9-7-22(8-10-24)23-11-13-25(14-12-23)30(16-17-30)28(33)34/h3-14H,15-18H2,1-2H3,(H,31,35)(H,33,34). The van der Waals surface area contributed by atoms with E-state index in [1.54, 1.807) is 6.92 Å². The van der Waals surface area contributed by atoms with Gasteiger partial charge >= 0.3 is 12.1 Å². The van der Waals surface area contributed by atoms with Gasteiger partial charge in [0.05, 0.1) is 12.0 Å². The zero-order chi connectivity index (χ0) is 26.0. The summed E-state index contributed by atoms with van der Waals surface area (Å²) in [5.41, 5.74) is 6.18. The van der Waals surface area contributed by atoms with Crippen molar-refractivity contribution in [2.45, 2.75) is 38.5 Å². The molecule has 5 rings (SSSR count). The molecule has 1 amide bonds. The van der Waals surface area contributed by atoms with E-state index in [4.69, 9.17) is 9.26 Å². The molecule has 1 heterocycles. The number of nitrogens with zero attached hydrogens (tertiary/aromatic N) is 1. The van der Waals surface area contributed by atoms with Gasteiger partial charge in [-0.25, -0.2) is 4.79 Å².